The van der Waals surface area contributed by atoms with E-state index in [0.29, 0.717) is 16.0 Å². The number of carbonyl (C=O) groups excluding carboxylic acids is 1. The van der Waals surface area contributed by atoms with Gasteiger partial charge in [-0.05, 0) is 13.0 Å². The average molecular weight is 409 g/mol. The Morgan fingerprint density at radius 3 is 2.69 bits per heavy atom. The number of rotatable bonds is 5. The van der Waals surface area contributed by atoms with Crippen molar-refractivity contribution in [1.29, 1.82) is 0 Å². The molecule has 0 fully saturated rings. The zero-order valence-corrected chi connectivity index (χ0v) is 15.9. The van der Waals surface area contributed by atoms with E-state index in [1.807, 2.05) is 31.2 Å². The highest BCUT2D eigenvalue weighted by Gasteiger charge is 2.14. The zero-order chi connectivity index (χ0) is 18.7. The number of amides is 1. The van der Waals surface area contributed by atoms with Gasteiger partial charge in [0.25, 0.3) is 0 Å². The van der Waals surface area contributed by atoms with Crippen LogP contribution in [0, 0.1) is 6.92 Å². The molecule has 0 radical (unpaired) electrons. The van der Waals surface area contributed by atoms with Gasteiger partial charge in [-0.25, -0.2) is 9.66 Å². The summed E-state index contributed by atoms with van der Waals surface area (Å²) in [5, 5.41) is 11.8. The van der Waals surface area contributed by atoms with E-state index in [1.54, 1.807) is 0 Å². The van der Waals surface area contributed by atoms with E-state index in [9.17, 15) is 4.79 Å². The predicted octanol–water partition coefficient (Wildman–Crippen LogP) is 3.40. The molecule has 3 rings (SSSR count). The average Bonchev–Trinajstić information content (AvgIpc) is 2.97. The van der Waals surface area contributed by atoms with Crippen LogP contribution in [-0.2, 0) is 4.79 Å². The Morgan fingerprint density at radius 1 is 1.27 bits per heavy atom. The van der Waals surface area contributed by atoms with Crippen LogP contribution in [0.25, 0.3) is 11.4 Å². The van der Waals surface area contributed by atoms with Crippen molar-refractivity contribution in [3.8, 4) is 11.4 Å². The zero-order valence-electron chi connectivity index (χ0n) is 13.6. The summed E-state index contributed by atoms with van der Waals surface area (Å²) in [6, 6.07) is 9.26. The third kappa shape index (κ3) is 4.27. The molecule has 1 aromatic carbocycles. The number of nitrogens with zero attached hydrogens (tertiary/aromatic N) is 4. The lowest BCUT2D eigenvalue weighted by Crippen LogP contribution is -2.17. The Balaban J connectivity index is 1.64. The number of aromatic nitrogens is 4. The van der Waals surface area contributed by atoms with Crippen molar-refractivity contribution in [2.45, 2.75) is 12.1 Å². The number of benzene rings is 1. The van der Waals surface area contributed by atoms with Crippen LogP contribution >= 0.6 is 35.0 Å². The normalized spacial score (nSPS) is 10.7. The standard InChI is InChI=1S/C16H14Cl2N6OS/c1-9-2-4-10(5-3-9)15-22-23-16(24(15)19)26-8-13(25)21-14-12(18)6-11(17)7-20-14/h2-7H,8,19H2,1H3,(H,20,21,25). The Bertz CT molecular complexity index is 944. The Morgan fingerprint density at radius 2 is 2.00 bits per heavy atom. The van der Waals surface area contributed by atoms with Gasteiger partial charge in [0.1, 0.15) is 0 Å². The second-order valence-corrected chi connectivity index (χ2v) is 7.15. The van der Waals surface area contributed by atoms with Crippen molar-refractivity contribution < 1.29 is 4.79 Å². The van der Waals surface area contributed by atoms with E-state index >= 15 is 0 Å². The molecule has 0 saturated heterocycles. The number of pyridine rings is 1. The van der Waals surface area contributed by atoms with Crippen molar-refractivity contribution in [3.05, 3.63) is 52.1 Å². The fourth-order valence-corrected chi connectivity index (χ4v) is 3.16. The van der Waals surface area contributed by atoms with Crippen LogP contribution in [0.2, 0.25) is 10.0 Å². The van der Waals surface area contributed by atoms with E-state index in [-0.39, 0.29) is 22.5 Å². The molecule has 2 heterocycles. The number of thioether (sulfide) groups is 1. The van der Waals surface area contributed by atoms with Gasteiger partial charge in [0.05, 0.1) is 15.8 Å². The smallest absolute Gasteiger partial charge is 0.236 e. The number of carbonyl (C=O) groups is 1. The minimum atomic E-state index is -0.299. The van der Waals surface area contributed by atoms with Gasteiger partial charge in [0.15, 0.2) is 11.6 Å². The molecule has 0 bridgehead atoms. The number of nitrogens with two attached hydrogens (primary N) is 1. The van der Waals surface area contributed by atoms with E-state index in [2.05, 4.69) is 20.5 Å². The summed E-state index contributed by atoms with van der Waals surface area (Å²) in [6.45, 7) is 2.00. The van der Waals surface area contributed by atoms with Crippen molar-refractivity contribution in [1.82, 2.24) is 19.9 Å². The van der Waals surface area contributed by atoms with Crippen LogP contribution in [0.3, 0.4) is 0 Å². The summed E-state index contributed by atoms with van der Waals surface area (Å²) < 4.78 is 1.36. The van der Waals surface area contributed by atoms with Crippen molar-refractivity contribution >= 4 is 46.7 Å². The van der Waals surface area contributed by atoms with Crippen molar-refractivity contribution in [2.75, 3.05) is 16.9 Å². The van der Waals surface area contributed by atoms with Crippen LogP contribution < -0.4 is 11.2 Å². The molecule has 0 spiro atoms. The Hall–Kier alpha value is -2.29. The third-order valence-electron chi connectivity index (χ3n) is 3.37. The lowest BCUT2D eigenvalue weighted by molar-refractivity contribution is -0.113. The van der Waals surface area contributed by atoms with Crippen molar-refractivity contribution in [2.24, 2.45) is 0 Å². The van der Waals surface area contributed by atoms with E-state index < -0.39 is 0 Å². The van der Waals surface area contributed by atoms with E-state index in [0.717, 1.165) is 22.9 Å². The van der Waals surface area contributed by atoms with Gasteiger partial charge in [-0.15, -0.1) is 10.2 Å². The molecule has 3 N–H and O–H groups in total. The van der Waals surface area contributed by atoms with Gasteiger partial charge in [-0.1, -0.05) is 64.8 Å². The maximum absolute atomic E-state index is 12.1. The molecule has 3 aromatic rings. The highest BCUT2D eigenvalue weighted by Crippen LogP contribution is 2.24. The SMILES string of the molecule is Cc1ccc(-c2nnc(SCC(=O)Nc3ncc(Cl)cc3Cl)n2N)cc1. The maximum atomic E-state index is 12.1. The summed E-state index contributed by atoms with van der Waals surface area (Å²) >= 11 is 12.9. The molecule has 0 unspecified atom stereocenters. The topological polar surface area (TPSA) is 98.7 Å². The molecule has 7 nitrogen and oxygen atoms in total. The highest BCUT2D eigenvalue weighted by molar-refractivity contribution is 7.99. The molecular weight excluding hydrogens is 395 g/mol. The summed E-state index contributed by atoms with van der Waals surface area (Å²) in [6.07, 6.45) is 1.40. The van der Waals surface area contributed by atoms with E-state index in [1.165, 1.54) is 16.9 Å². The van der Waals surface area contributed by atoms with Gasteiger partial charge in [-0.2, -0.15) is 0 Å². The largest absolute Gasteiger partial charge is 0.335 e. The van der Waals surface area contributed by atoms with Crippen LogP contribution in [0.15, 0.2) is 41.7 Å². The number of aryl methyl sites for hydroxylation is 1. The number of nitrogen functional groups attached to an aromatic ring is 1. The van der Waals surface area contributed by atoms with Gasteiger partial charge in [0, 0.05) is 11.8 Å². The Kier molecular flexibility index (Phi) is 5.65. The third-order valence-corrected chi connectivity index (χ3v) is 4.81. The molecule has 0 aliphatic heterocycles. The van der Waals surface area contributed by atoms with Gasteiger partial charge < -0.3 is 11.2 Å². The minimum absolute atomic E-state index is 0.0733. The Labute approximate surface area is 163 Å². The van der Waals surface area contributed by atoms with Crippen LogP contribution in [0.4, 0.5) is 5.82 Å². The van der Waals surface area contributed by atoms with Gasteiger partial charge in [-0.3, -0.25) is 4.79 Å². The highest BCUT2D eigenvalue weighted by atomic mass is 35.5. The minimum Gasteiger partial charge on any atom is -0.335 e. The molecule has 134 valence electrons. The van der Waals surface area contributed by atoms with Crippen LogP contribution in [0.1, 0.15) is 5.56 Å². The lowest BCUT2D eigenvalue weighted by atomic mass is 10.1. The fraction of sp³-hybridized carbons (Fsp3) is 0.125. The summed E-state index contributed by atoms with van der Waals surface area (Å²) in [7, 11) is 0. The van der Waals surface area contributed by atoms with Gasteiger partial charge in [0.2, 0.25) is 11.1 Å². The lowest BCUT2D eigenvalue weighted by Gasteiger charge is -2.06. The van der Waals surface area contributed by atoms with Crippen LogP contribution in [0.5, 0.6) is 0 Å². The summed E-state index contributed by atoms with van der Waals surface area (Å²) in [5.74, 6) is 6.59. The molecule has 0 aliphatic carbocycles. The maximum Gasteiger partial charge on any atom is 0.236 e. The molecule has 1 amide bonds. The quantitative estimate of drug-likeness (QED) is 0.495. The number of halogens is 2. The molecule has 26 heavy (non-hydrogen) atoms. The first-order valence-corrected chi connectivity index (χ1v) is 9.19. The molecule has 2 aromatic heterocycles. The number of hydrogen-bond donors (Lipinski definition) is 2. The van der Waals surface area contributed by atoms with Gasteiger partial charge >= 0.3 is 0 Å². The summed E-state index contributed by atoms with van der Waals surface area (Å²) in [5.41, 5.74) is 1.98. The summed E-state index contributed by atoms with van der Waals surface area (Å²) in [4.78, 5) is 16.1. The monoisotopic (exact) mass is 408 g/mol. The molecule has 0 saturated carbocycles. The predicted molar refractivity (Wildman–Crippen MR) is 104 cm³/mol. The number of hydrogen-bond acceptors (Lipinski definition) is 6. The molecule has 10 heteroatoms. The first-order valence-electron chi connectivity index (χ1n) is 7.45. The fourth-order valence-electron chi connectivity index (χ4n) is 2.08. The second-order valence-electron chi connectivity index (χ2n) is 5.36. The molecule has 0 aliphatic rings. The number of anilines is 1. The second kappa shape index (κ2) is 7.94. The first-order chi connectivity index (χ1) is 12.4. The van der Waals surface area contributed by atoms with Crippen molar-refractivity contribution in [3.63, 3.8) is 0 Å². The number of nitrogens with one attached hydrogen (secondary N) is 1. The van der Waals surface area contributed by atoms with E-state index in [4.69, 9.17) is 29.0 Å². The first kappa shape index (κ1) is 18.5. The molecular formula is C16H14Cl2N6OS. The van der Waals surface area contributed by atoms with Crippen LogP contribution in [-0.4, -0.2) is 31.5 Å². The molecule has 0 atom stereocenters.